The van der Waals surface area contributed by atoms with Crippen LogP contribution in [0, 0.1) is 0 Å². The molecular weight excluding hydrogens is 172 g/mol. The smallest absolute Gasteiger partial charge is 0.0537 e. The van der Waals surface area contributed by atoms with Crippen LogP contribution in [0.1, 0.15) is 49.7 Å². The van der Waals surface area contributed by atoms with E-state index in [9.17, 15) is 0 Å². The molecule has 1 aromatic heterocycles. The molecule has 0 aromatic carbocycles. The van der Waals surface area contributed by atoms with Crippen LogP contribution in [0.25, 0.3) is 0 Å². The van der Waals surface area contributed by atoms with Gasteiger partial charge in [0, 0.05) is 11.8 Å². The van der Waals surface area contributed by atoms with Gasteiger partial charge in [-0.1, -0.05) is 11.1 Å². The summed E-state index contributed by atoms with van der Waals surface area (Å²) in [6.07, 6.45) is 6.54. The lowest BCUT2D eigenvalue weighted by atomic mass is 9.95. The van der Waals surface area contributed by atoms with E-state index in [2.05, 4.69) is 24.0 Å². The van der Waals surface area contributed by atoms with Gasteiger partial charge in [-0.05, 0) is 37.8 Å². The van der Waals surface area contributed by atoms with E-state index in [-0.39, 0.29) is 0 Å². The second kappa shape index (κ2) is 2.66. The standard InChI is InChI=1S/C12H14N2/c1-7(2)12-8-3-4-9(12)11-6-14-13-5-10(8)11/h5-6,8-9H,3-4H2,1-2H3/t8-,9+. The van der Waals surface area contributed by atoms with Crippen LogP contribution >= 0.6 is 0 Å². The average Bonchev–Trinajstić information content (AvgIpc) is 2.73. The molecule has 0 radical (unpaired) electrons. The van der Waals surface area contributed by atoms with E-state index in [1.54, 1.807) is 5.57 Å². The highest BCUT2D eigenvalue weighted by Crippen LogP contribution is 2.57. The normalized spacial score (nSPS) is 28.0. The molecule has 0 spiro atoms. The third-order valence-corrected chi connectivity index (χ3v) is 3.62. The molecule has 0 amide bonds. The van der Waals surface area contributed by atoms with Gasteiger partial charge >= 0.3 is 0 Å². The van der Waals surface area contributed by atoms with E-state index >= 15 is 0 Å². The average molecular weight is 186 g/mol. The molecule has 0 N–H and O–H groups in total. The Kier molecular flexibility index (Phi) is 1.55. The number of hydrogen-bond acceptors (Lipinski definition) is 2. The molecule has 0 aliphatic heterocycles. The van der Waals surface area contributed by atoms with Crippen molar-refractivity contribution in [2.75, 3.05) is 0 Å². The summed E-state index contributed by atoms with van der Waals surface area (Å²) >= 11 is 0. The third-order valence-electron chi connectivity index (χ3n) is 3.62. The van der Waals surface area contributed by atoms with Crippen molar-refractivity contribution in [2.24, 2.45) is 0 Å². The summed E-state index contributed by atoms with van der Waals surface area (Å²) in [5.41, 5.74) is 6.02. The Labute approximate surface area is 84.1 Å². The van der Waals surface area contributed by atoms with Gasteiger partial charge in [0.2, 0.25) is 0 Å². The minimum atomic E-state index is 0.662. The second-order valence-corrected chi connectivity index (χ2v) is 4.54. The largest absolute Gasteiger partial charge is 0.159 e. The van der Waals surface area contributed by atoms with Crippen LogP contribution in [0.15, 0.2) is 23.5 Å². The first-order valence-electron chi connectivity index (χ1n) is 5.26. The van der Waals surface area contributed by atoms with E-state index in [0.717, 1.165) is 0 Å². The van der Waals surface area contributed by atoms with Crippen LogP contribution in [0.3, 0.4) is 0 Å². The fourth-order valence-corrected chi connectivity index (χ4v) is 3.15. The van der Waals surface area contributed by atoms with Gasteiger partial charge in [-0.2, -0.15) is 10.2 Å². The van der Waals surface area contributed by atoms with E-state index < -0.39 is 0 Å². The Hall–Kier alpha value is -1.18. The van der Waals surface area contributed by atoms with Gasteiger partial charge in [0.15, 0.2) is 0 Å². The van der Waals surface area contributed by atoms with Gasteiger partial charge in [-0.15, -0.1) is 0 Å². The molecule has 3 rings (SSSR count). The molecule has 2 heteroatoms. The number of hydrogen-bond donors (Lipinski definition) is 0. The Balaban J connectivity index is 2.23. The summed E-state index contributed by atoms with van der Waals surface area (Å²) in [5, 5.41) is 7.99. The monoisotopic (exact) mass is 186 g/mol. The van der Waals surface area contributed by atoms with E-state index in [1.807, 2.05) is 12.4 Å². The molecule has 1 fully saturated rings. The van der Waals surface area contributed by atoms with Crippen LogP contribution in [-0.4, -0.2) is 10.2 Å². The zero-order valence-corrected chi connectivity index (χ0v) is 8.62. The summed E-state index contributed by atoms with van der Waals surface area (Å²) in [4.78, 5) is 0. The van der Waals surface area contributed by atoms with Gasteiger partial charge in [0.25, 0.3) is 0 Å². The molecule has 0 unspecified atom stereocenters. The van der Waals surface area contributed by atoms with E-state index in [0.29, 0.717) is 11.8 Å². The summed E-state index contributed by atoms with van der Waals surface area (Å²) in [7, 11) is 0. The van der Waals surface area contributed by atoms with Crippen molar-refractivity contribution in [1.29, 1.82) is 0 Å². The van der Waals surface area contributed by atoms with Gasteiger partial charge in [0.05, 0.1) is 12.4 Å². The van der Waals surface area contributed by atoms with Crippen molar-refractivity contribution in [3.63, 3.8) is 0 Å². The zero-order chi connectivity index (χ0) is 9.71. The maximum absolute atomic E-state index is 4.00. The van der Waals surface area contributed by atoms with Crippen molar-refractivity contribution >= 4 is 0 Å². The fourth-order valence-electron chi connectivity index (χ4n) is 3.15. The number of allylic oxidation sites excluding steroid dienone is 2. The first kappa shape index (κ1) is 8.16. The van der Waals surface area contributed by atoms with Crippen molar-refractivity contribution < 1.29 is 0 Å². The molecule has 2 aliphatic carbocycles. The molecule has 2 atom stereocenters. The molecule has 2 bridgehead atoms. The highest BCUT2D eigenvalue weighted by molar-refractivity contribution is 5.52. The van der Waals surface area contributed by atoms with Crippen molar-refractivity contribution in [3.05, 3.63) is 34.7 Å². The van der Waals surface area contributed by atoms with Crippen molar-refractivity contribution in [1.82, 2.24) is 10.2 Å². The quantitative estimate of drug-likeness (QED) is 0.582. The number of aromatic nitrogens is 2. The Morgan fingerprint density at radius 2 is 1.57 bits per heavy atom. The third kappa shape index (κ3) is 0.861. The lowest BCUT2D eigenvalue weighted by molar-refractivity contribution is 0.704. The van der Waals surface area contributed by atoms with Crippen LogP contribution in [0.2, 0.25) is 0 Å². The van der Waals surface area contributed by atoms with Gasteiger partial charge in [-0.25, -0.2) is 0 Å². The van der Waals surface area contributed by atoms with Gasteiger partial charge in [0.1, 0.15) is 0 Å². The SMILES string of the molecule is CC(C)=C1[C@H]2CC[C@@H]1c1cnncc12. The molecule has 1 aromatic rings. The van der Waals surface area contributed by atoms with Crippen LogP contribution in [-0.2, 0) is 0 Å². The molecule has 14 heavy (non-hydrogen) atoms. The number of nitrogens with zero attached hydrogens (tertiary/aromatic N) is 2. The first-order chi connectivity index (χ1) is 6.79. The Morgan fingerprint density at radius 3 is 2.00 bits per heavy atom. The van der Waals surface area contributed by atoms with Crippen LogP contribution in [0.4, 0.5) is 0 Å². The highest BCUT2D eigenvalue weighted by atomic mass is 15.1. The summed E-state index contributed by atoms with van der Waals surface area (Å²) in [5.74, 6) is 1.32. The van der Waals surface area contributed by atoms with Gasteiger partial charge in [-0.3, -0.25) is 0 Å². The molecule has 2 nitrogen and oxygen atoms in total. The number of fused-ring (bicyclic) bond motifs is 5. The second-order valence-electron chi connectivity index (χ2n) is 4.54. The minimum Gasteiger partial charge on any atom is -0.159 e. The summed E-state index contributed by atoms with van der Waals surface area (Å²) in [6, 6.07) is 0. The fraction of sp³-hybridized carbons (Fsp3) is 0.500. The predicted octanol–water partition coefficient (Wildman–Crippen LogP) is 2.79. The Bertz CT molecular complexity index is 383. The molecule has 0 saturated heterocycles. The lowest BCUT2D eigenvalue weighted by Crippen LogP contribution is -1.99. The van der Waals surface area contributed by atoms with Crippen LogP contribution < -0.4 is 0 Å². The highest BCUT2D eigenvalue weighted by Gasteiger charge is 2.42. The van der Waals surface area contributed by atoms with Gasteiger partial charge < -0.3 is 0 Å². The minimum absolute atomic E-state index is 0.662. The molecule has 2 aliphatic rings. The maximum atomic E-state index is 4.00. The molecule has 1 saturated carbocycles. The van der Waals surface area contributed by atoms with E-state index in [4.69, 9.17) is 0 Å². The molecule has 1 heterocycles. The maximum Gasteiger partial charge on any atom is 0.0537 e. The number of rotatable bonds is 0. The van der Waals surface area contributed by atoms with Crippen LogP contribution in [0.5, 0.6) is 0 Å². The molecule has 72 valence electrons. The predicted molar refractivity (Wildman–Crippen MR) is 55.1 cm³/mol. The summed E-state index contributed by atoms with van der Waals surface area (Å²) in [6.45, 7) is 4.46. The van der Waals surface area contributed by atoms with Crippen molar-refractivity contribution in [2.45, 2.75) is 38.5 Å². The zero-order valence-electron chi connectivity index (χ0n) is 8.62. The summed E-state index contributed by atoms with van der Waals surface area (Å²) < 4.78 is 0. The topological polar surface area (TPSA) is 25.8 Å². The Morgan fingerprint density at radius 1 is 1.07 bits per heavy atom. The van der Waals surface area contributed by atoms with E-state index in [1.165, 1.54) is 29.5 Å². The lowest BCUT2D eigenvalue weighted by Gasteiger charge is -2.11. The molecular formula is C12H14N2. The first-order valence-corrected chi connectivity index (χ1v) is 5.26. The van der Waals surface area contributed by atoms with Crippen molar-refractivity contribution in [3.8, 4) is 0 Å².